The number of rotatable bonds is 4. The normalized spacial score (nSPS) is 49.2. The van der Waals surface area contributed by atoms with Crippen LogP contribution in [0.2, 0.25) is 0 Å². The van der Waals surface area contributed by atoms with Crippen molar-refractivity contribution in [3.8, 4) is 0 Å². The van der Waals surface area contributed by atoms with Gasteiger partial charge in [-0.3, -0.25) is 9.59 Å². The van der Waals surface area contributed by atoms with Gasteiger partial charge in [-0.15, -0.1) is 0 Å². The summed E-state index contributed by atoms with van der Waals surface area (Å²) in [5.74, 6) is 2.30. The molecule has 0 amide bonds. The van der Waals surface area contributed by atoms with E-state index in [1.807, 2.05) is 0 Å². The van der Waals surface area contributed by atoms with Crippen LogP contribution in [-0.2, 0) is 19.1 Å². The molecule has 5 aliphatic rings. The molecule has 0 heterocycles. The maximum atomic E-state index is 13.0. The van der Waals surface area contributed by atoms with Crippen LogP contribution in [0.4, 0.5) is 0 Å². The predicted octanol–water partition coefficient (Wildman–Crippen LogP) is 6.96. The van der Waals surface area contributed by atoms with E-state index in [-0.39, 0.29) is 45.6 Å². The zero-order valence-corrected chi connectivity index (χ0v) is 23.6. The molecule has 4 heteroatoms. The summed E-state index contributed by atoms with van der Waals surface area (Å²) in [4.78, 5) is 37.2. The van der Waals surface area contributed by atoms with Crippen LogP contribution >= 0.6 is 0 Å². The van der Waals surface area contributed by atoms with Crippen molar-refractivity contribution in [3.05, 3.63) is 12.2 Å². The van der Waals surface area contributed by atoms with Gasteiger partial charge in [-0.05, 0) is 109 Å². The van der Waals surface area contributed by atoms with Crippen LogP contribution in [0.5, 0.6) is 0 Å². The van der Waals surface area contributed by atoms with Gasteiger partial charge in [0.05, 0.1) is 0 Å². The van der Waals surface area contributed by atoms with E-state index in [2.05, 4.69) is 41.2 Å². The SMILES string of the molecule is C=C(COC(C)=O)[C@@H]1CC[C@]2(C=O)CC[C@]3(C)C(CCC4[C@@]5(C)CCC(=O)C(C)(C)C5CC[C@]43C)C12. The molecule has 5 rings (SSSR count). The molecule has 5 saturated carbocycles. The molecule has 0 spiro atoms. The van der Waals surface area contributed by atoms with E-state index in [1.165, 1.54) is 26.1 Å². The third-order valence-electron chi connectivity index (χ3n) is 13.5. The summed E-state index contributed by atoms with van der Waals surface area (Å²) in [7, 11) is 0. The highest BCUT2D eigenvalue weighted by Gasteiger charge is 2.71. The van der Waals surface area contributed by atoms with Gasteiger partial charge in [0.1, 0.15) is 18.7 Å². The molecule has 0 aromatic heterocycles. The maximum Gasteiger partial charge on any atom is 0.302 e. The number of carbonyl (C=O) groups is 3. The van der Waals surface area contributed by atoms with Crippen molar-refractivity contribution in [1.82, 2.24) is 0 Å². The Morgan fingerprint density at radius 1 is 0.944 bits per heavy atom. The number of hydrogen-bond acceptors (Lipinski definition) is 4. The summed E-state index contributed by atoms with van der Waals surface area (Å²) in [5.41, 5.74) is 1.09. The Labute approximate surface area is 218 Å². The summed E-state index contributed by atoms with van der Waals surface area (Å²) >= 11 is 0. The van der Waals surface area contributed by atoms with Crippen molar-refractivity contribution < 1.29 is 19.1 Å². The Balaban J connectivity index is 1.51. The largest absolute Gasteiger partial charge is 0.461 e. The van der Waals surface area contributed by atoms with E-state index >= 15 is 0 Å². The molecule has 4 nitrogen and oxygen atoms in total. The minimum atomic E-state index is -0.267. The fourth-order valence-electron chi connectivity index (χ4n) is 11.4. The van der Waals surface area contributed by atoms with Gasteiger partial charge in [0, 0.05) is 24.2 Å². The first-order valence-electron chi connectivity index (χ1n) is 14.6. The van der Waals surface area contributed by atoms with Crippen molar-refractivity contribution >= 4 is 18.0 Å². The van der Waals surface area contributed by atoms with Crippen LogP contribution in [0.3, 0.4) is 0 Å². The molecule has 200 valence electrons. The highest BCUT2D eigenvalue weighted by Crippen LogP contribution is 2.77. The Morgan fingerprint density at radius 2 is 1.67 bits per heavy atom. The van der Waals surface area contributed by atoms with Crippen LogP contribution in [0.1, 0.15) is 106 Å². The molecular weight excluding hydrogens is 448 g/mol. The highest BCUT2D eigenvalue weighted by atomic mass is 16.5. The lowest BCUT2D eigenvalue weighted by molar-refractivity contribution is -0.231. The minimum Gasteiger partial charge on any atom is -0.461 e. The molecule has 5 aliphatic carbocycles. The number of fused-ring (bicyclic) bond motifs is 7. The van der Waals surface area contributed by atoms with Gasteiger partial charge < -0.3 is 9.53 Å². The van der Waals surface area contributed by atoms with Crippen molar-refractivity contribution in [2.24, 2.45) is 56.7 Å². The summed E-state index contributed by atoms with van der Waals surface area (Å²) in [5, 5.41) is 0. The molecule has 5 fully saturated rings. The van der Waals surface area contributed by atoms with E-state index in [1.54, 1.807) is 0 Å². The fourth-order valence-corrected chi connectivity index (χ4v) is 11.4. The average Bonchev–Trinajstić information content (AvgIpc) is 3.21. The van der Waals surface area contributed by atoms with Gasteiger partial charge in [0.2, 0.25) is 0 Å². The average molecular weight is 497 g/mol. The van der Waals surface area contributed by atoms with Crippen molar-refractivity contribution in [3.63, 3.8) is 0 Å². The lowest BCUT2D eigenvalue weighted by atomic mass is 9.32. The quantitative estimate of drug-likeness (QED) is 0.240. The summed E-state index contributed by atoms with van der Waals surface area (Å²) in [6.07, 6.45) is 11.7. The molecule has 0 aromatic rings. The van der Waals surface area contributed by atoms with Crippen molar-refractivity contribution in [2.75, 3.05) is 6.61 Å². The number of Topliss-reactive ketones (excluding diaryl/α,β-unsaturated/α-hetero) is 1. The van der Waals surface area contributed by atoms with Crippen LogP contribution in [0.25, 0.3) is 0 Å². The predicted molar refractivity (Wildman–Crippen MR) is 141 cm³/mol. The number of aldehydes is 1. The van der Waals surface area contributed by atoms with Crippen LogP contribution in [0.15, 0.2) is 12.2 Å². The van der Waals surface area contributed by atoms with E-state index < -0.39 is 0 Å². The number of ether oxygens (including phenoxy) is 1. The Hall–Kier alpha value is -1.45. The van der Waals surface area contributed by atoms with Crippen LogP contribution < -0.4 is 0 Å². The third kappa shape index (κ3) is 3.27. The maximum absolute atomic E-state index is 13.0. The molecule has 0 radical (unpaired) electrons. The molecule has 0 N–H and O–H groups in total. The molecule has 0 aliphatic heterocycles. The summed E-state index contributed by atoms with van der Waals surface area (Å²) in [6.45, 7) is 18.2. The molecule has 4 unspecified atom stereocenters. The highest BCUT2D eigenvalue weighted by molar-refractivity contribution is 5.85. The van der Waals surface area contributed by atoms with Gasteiger partial charge in [-0.1, -0.05) is 41.2 Å². The van der Waals surface area contributed by atoms with Crippen LogP contribution in [0, 0.1) is 56.7 Å². The molecule has 0 bridgehead atoms. The topological polar surface area (TPSA) is 60.4 Å². The van der Waals surface area contributed by atoms with E-state index in [0.29, 0.717) is 29.5 Å². The zero-order valence-electron chi connectivity index (χ0n) is 23.6. The van der Waals surface area contributed by atoms with Crippen molar-refractivity contribution in [2.45, 2.75) is 106 Å². The Kier molecular flexibility index (Phi) is 6.01. The lowest BCUT2D eigenvalue weighted by Crippen LogP contribution is -2.66. The first-order chi connectivity index (χ1) is 16.8. The molecule has 36 heavy (non-hydrogen) atoms. The molecule has 0 saturated heterocycles. The lowest BCUT2D eigenvalue weighted by Gasteiger charge is -2.72. The van der Waals surface area contributed by atoms with Crippen molar-refractivity contribution in [1.29, 1.82) is 0 Å². The second-order valence-corrected chi connectivity index (χ2v) is 14.8. The van der Waals surface area contributed by atoms with E-state index in [4.69, 9.17) is 4.74 Å². The minimum absolute atomic E-state index is 0.164. The smallest absolute Gasteiger partial charge is 0.302 e. The Morgan fingerprint density at radius 3 is 2.33 bits per heavy atom. The van der Waals surface area contributed by atoms with Gasteiger partial charge in [-0.25, -0.2) is 0 Å². The van der Waals surface area contributed by atoms with Gasteiger partial charge >= 0.3 is 5.97 Å². The summed E-state index contributed by atoms with van der Waals surface area (Å²) in [6, 6.07) is 0. The number of esters is 1. The Bertz CT molecular complexity index is 981. The zero-order chi connectivity index (χ0) is 26.3. The second-order valence-electron chi connectivity index (χ2n) is 14.8. The van der Waals surface area contributed by atoms with E-state index in [0.717, 1.165) is 56.9 Å². The standard InChI is InChI=1S/C32H48O4/c1-20(18-36-21(2)34)22-10-15-32(19-33)17-16-30(6)23(27(22)32)8-9-25-29(5)13-12-26(35)28(3,4)24(29)11-14-31(25,30)7/h19,22-25,27H,1,8-18H2,2-7H3/t22-,23?,24?,25?,27?,29-,30+,31+,32+/m0/s1. The fraction of sp³-hybridized carbons (Fsp3) is 0.844. The molecular formula is C32H48O4. The van der Waals surface area contributed by atoms with E-state index in [9.17, 15) is 14.4 Å². The second kappa shape index (κ2) is 8.27. The first kappa shape index (κ1) is 26.2. The molecule has 9 atom stereocenters. The number of carbonyl (C=O) groups excluding carboxylic acids is 3. The number of ketones is 1. The number of hydrogen-bond donors (Lipinski definition) is 0. The third-order valence-corrected chi connectivity index (χ3v) is 13.5. The molecule has 0 aromatic carbocycles. The van der Waals surface area contributed by atoms with Gasteiger partial charge in [0.15, 0.2) is 0 Å². The first-order valence-corrected chi connectivity index (χ1v) is 14.6. The van der Waals surface area contributed by atoms with Crippen LogP contribution in [-0.4, -0.2) is 24.6 Å². The monoisotopic (exact) mass is 496 g/mol. The van der Waals surface area contributed by atoms with Gasteiger partial charge in [-0.2, -0.15) is 0 Å². The van der Waals surface area contributed by atoms with Gasteiger partial charge in [0.25, 0.3) is 0 Å². The summed E-state index contributed by atoms with van der Waals surface area (Å²) < 4.78 is 5.38.